The van der Waals surface area contributed by atoms with E-state index in [-0.39, 0.29) is 0 Å². The van der Waals surface area contributed by atoms with Crippen molar-refractivity contribution in [2.45, 2.75) is 13.8 Å². The van der Waals surface area contributed by atoms with Gasteiger partial charge in [0, 0.05) is 10.0 Å². The minimum atomic E-state index is 0.669. The lowest BCUT2D eigenvalue weighted by molar-refractivity contribution is 0.338. The van der Waals surface area contributed by atoms with Crippen LogP contribution >= 0.6 is 15.9 Å². The first-order chi connectivity index (χ1) is 5.66. The van der Waals surface area contributed by atoms with E-state index >= 15 is 0 Å². The third-order valence-electron chi connectivity index (χ3n) is 1.71. The van der Waals surface area contributed by atoms with Crippen LogP contribution < -0.4 is 10.5 Å². The Morgan fingerprint density at radius 2 is 2.17 bits per heavy atom. The molecule has 0 aliphatic heterocycles. The van der Waals surface area contributed by atoms with Crippen LogP contribution in [-0.4, -0.2) is 6.61 Å². The van der Waals surface area contributed by atoms with E-state index in [1.807, 2.05) is 26.0 Å². The van der Waals surface area contributed by atoms with Crippen LogP contribution in [0.2, 0.25) is 0 Å². The Labute approximate surface area is 80.8 Å². The van der Waals surface area contributed by atoms with Crippen LogP contribution in [0.5, 0.6) is 5.75 Å². The number of rotatable bonds is 2. The summed E-state index contributed by atoms with van der Waals surface area (Å²) < 4.78 is 6.29. The molecule has 0 radical (unpaired) electrons. The van der Waals surface area contributed by atoms with Crippen molar-refractivity contribution in [2.75, 3.05) is 12.3 Å². The van der Waals surface area contributed by atoms with E-state index < -0.39 is 0 Å². The maximum Gasteiger partial charge on any atom is 0.124 e. The fraction of sp³-hybridized carbons (Fsp3) is 0.333. The van der Waals surface area contributed by atoms with Gasteiger partial charge in [0.25, 0.3) is 0 Å². The molecule has 12 heavy (non-hydrogen) atoms. The fourth-order valence-corrected chi connectivity index (χ4v) is 1.42. The average Bonchev–Trinajstić information content (AvgIpc) is 2.07. The zero-order valence-electron chi connectivity index (χ0n) is 7.23. The third-order valence-corrected chi connectivity index (χ3v) is 2.40. The summed E-state index contributed by atoms with van der Waals surface area (Å²) in [7, 11) is 0. The Hall–Kier alpha value is -0.700. The van der Waals surface area contributed by atoms with Crippen molar-refractivity contribution in [1.29, 1.82) is 0 Å². The zero-order chi connectivity index (χ0) is 9.14. The lowest BCUT2D eigenvalue weighted by Crippen LogP contribution is -1.98. The second kappa shape index (κ2) is 3.81. The SMILES string of the molecule is CCOc1ccc(Br)c(N)c1C. The van der Waals surface area contributed by atoms with Crippen LogP contribution in [0, 0.1) is 6.92 Å². The van der Waals surface area contributed by atoms with Gasteiger partial charge in [-0.3, -0.25) is 0 Å². The summed E-state index contributed by atoms with van der Waals surface area (Å²) in [4.78, 5) is 0. The average molecular weight is 230 g/mol. The number of benzene rings is 1. The first-order valence-electron chi connectivity index (χ1n) is 3.84. The summed E-state index contributed by atoms with van der Waals surface area (Å²) in [6, 6.07) is 3.81. The molecule has 1 aromatic carbocycles. The summed E-state index contributed by atoms with van der Waals surface area (Å²) >= 11 is 3.35. The molecule has 2 nitrogen and oxygen atoms in total. The number of hydrogen-bond donors (Lipinski definition) is 1. The molecule has 0 fully saturated rings. The lowest BCUT2D eigenvalue weighted by Gasteiger charge is -2.09. The molecule has 0 atom stereocenters. The Bertz CT molecular complexity index is 286. The first-order valence-corrected chi connectivity index (χ1v) is 4.63. The van der Waals surface area contributed by atoms with Gasteiger partial charge in [0.2, 0.25) is 0 Å². The normalized spacial score (nSPS) is 9.92. The fourth-order valence-electron chi connectivity index (χ4n) is 0.987. The monoisotopic (exact) mass is 229 g/mol. The Morgan fingerprint density at radius 3 is 2.75 bits per heavy atom. The Balaban J connectivity index is 3.08. The van der Waals surface area contributed by atoms with Gasteiger partial charge >= 0.3 is 0 Å². The second-order valence-electron chi connectivity index (χ2n) is 2.52. The van der Waals surface area contributed by atoms with Crippen molar-refractivity contribution in [1.82, 2.24) is 0 Å². The van der Waals surface area contributed by atoms with E-state index in [1.165, 1.54) is 0 Å². The molecule has 3 heteroatoms. The molecule has 0 amide bonds. The van der Waals surface area contributed by atoms with E-state index in [9.17, 15) is 0 Å². The van der Waals surface area contributed by atoms with Crippen molar-refractivity contribution < 1.29 is 4.74 Å². The van der Waals surface area contributed by atoms with Gasteiger partial charge in [0.15, 0.2) is 0 Å². The molecule has 2 N–H and O–H groups in total. The maximum atomic E-state index is 5.79. The third kappa shape index (κ3) is 1.72. The van der Waals surface area contributed by atoms with Crippen LogP contribution in [0.15, 0.2) is 16.6 Å². The summed E-state index contributed by atoms with van der Waals surface area (Å²) in [5, 5.41) is 0. The molecule has 0 saturated carbocycles. The van der Waals surface area contributed by atoms with Crippen LogP contribution in [0.25, 0.3) is 0 Å². The largest absolute Gasteiger partial charge is 0.494 e. The predicted octanol–water partition coefficient (Wildman–Crippen LogP) is 2.74. The highest BCUT2D eigenvalue weighted by Crippen LogP contribution is 2.30. The van der Waals surface area contributed by atoms with Gasteiger partial charge in [-0.1, -0.05) is 0 Å². The standard InChI is InChI=1S/C9H12BrNO/c1-3-12-8-5-4-7(10)9(11)6(8)2/h4-5H,3,11H2,1-2H3. The molecule has 0 aliphatic rings. The smallest absolute Gasteiger partial charge is 0.124 e. The molecule has 0 saturated heterocycles. The topological polar surface area (TPSA) is 35.2 Å². The van der Waals surface area contributed by atoms with Crippen LogP contribution in [0.3, 0.4) is 0 Å². The number of anilines is 1. The molecule has 66 valence electrons. The van der Waals surface area contributed by atoms with Crippen molar-refractivity contribution in [3.8, 4) is 5.75 Å². The van der Waals surface area contributed by atoms with Gasteiger partial charge in [-0.2, -0.15) is 0 Å². The molecule has 0 aromatic heterocycles. The maximum absolute atomic E-state index is 5.79. The quantitative estimate of drug-likeness (QED) is 0.793. The molecule has 1 aromatic rings. The van der Waals surface area contributed by atoms with Crippen molar-refractivity contribution in [3.05, 3.63) is 22.2 Å². The molecule has 1 rings (SSSR count). The molecule has 0 bridgehead atoms. The highest BCUT2D eigenvalue weighted by Gasteiger charge is 2.04. The lowest BCUT2D eigenvalue weighted by atomic mass is 10.2. The van der Waals surface area contributed by atoms with Gasteiger partial charge in [-0.05, 0) is 41.9 Å². The summed E-state index contributed by atoms with van der Waals surface area (Å²) in [6.07, 6.45) is 0. The first kappa shape index (κ1) is 9.39. The highest BCUT2D eigenvalue weighted by atomic mass is 79.9. The number of hydrogen-bond acceptors (Lipinski definition) is 2. The van der Waals surface area contributed by atoms with E-state index in [0.717, 1.165) is 21.5 Å². The van der Waals surface area contributed by atoms with Crippen molar-refractivity contribution in [2.24, 2.45) is 0 Å². The molecule has 0 aliphatic carbocycles. The van der Waals surface area contributed by atoms with Crippen LogP contribution in [-0.2, 0) is 0 Å². The van der Waals surface area contributed by atoms with E-state index in [2.05, 4.69) is 15.9 Å². The van der Waals surface area contributed by atoms with Gasteiger partial charge in [-0.15, -0.1) is 0 Å². The van der Waals surface area contributed by atoms with Gasteiger partial charge in [-0.25, -0.2) is 0 Å². The summed E-state index contributed by atoms with van der Waals surface area (Å²) in [6.45, 7) is 4.57. The van der Waals surface area contributed by atoms with Gasteiger partial charge < -0.3 is 10.5 Å². The van der Waals surface area contributed by atoms with Crippen LogP contribution in [0.1, 0.15) is 12.5 Å². The molecule has 0 heterocycles. The minimum Gasteiger partial charge on any atom is -0.494 e. The van der Waals surface area contributed by atoms with E-state index in [1.54, 1.807) is 0 Å². The molecule has 0 unspecified atom stereocenters. The van der Waals surface area contributed by atoms with E-state index in [0.29, 0.717) is 6.61 Å². The number of halogens is 1. The zero-order valence-corrected chi connectivity index (χ0v) is 8.81. The summed E-state index contributed by atoms with van der Waals surface area (Å²) in [5.41, 5.74) is 7.53. The minimum absolute atomic E-state index is 0.669. The van der Waals surface area contributed by atoms with Crippen molar-refractivity contribution in [3.63, 3.8) is 0 Å². The Kier molecular flexibility index (Phi) is 2.98. The summed E-state index contributed by atoms with van der Waals surface area (Å²) in [5.74, 6) is 0.859. The van der Waals surface area contributed by atoms with Crippen LogP contribution in [0.4, 0.5) is 5.69 Å². The van der Waals surface area contributed by atoms with Gasteiger partial charge in [0.1, 0.15) is 5.75 Å². The molecule has 0 spiro atoms. The number of nitrogens with two attached hydrogens (primary N) is 1. The van der Waals surface area contributed by atoms with Gasteiger partial charge in [0.05, 0.1) is 12.3 Å². The predicted molar refractivity (Wildman–Crippen MR) is 54.5 cm³/mol. The Morgan fingerprint density at radius 1 is 1.50 bits per heavy atom. The highest BCUT2D eigenvalue weighted by molar-refractivity contribution is 9.10. The van der Waals surface area contributed by atoms with E-state index in [4.69, 9.17) is 10.5 Å². The molecular weight excluding hydrogens is 218 g/mol. The second-order valence-corrected chi connectivity index (χ2v) is 3.37. The van der Waals surface area contributed by atoms with Crippen molar-refractivity contribution >= 4 is 21.6 Å². The number of nitrogen functional groups attached to an aromatic ring is 1. The number of ether oxygens (including phenoxy) is 1. The molecular formula is C9H12BrNO.